The highest BCUT2D eigenvalue weighted by atomic mass is 16.1. The number of rotatable bonds is 6. The van der Waals surface area contributed by atoms with Gasteiger partial charge in [-0.15, -0.1) is 0 Å². The molecule has 0 atom stereocenters. The molecule has 1 saturated heterocycles. The fourth-order valence-corrected chi connectivity index (χ4v) is 4.88. The molecule has 2 fully saturated rings. The number of carbonyl (C=O) groups is 1. The minimum atomic E-state index is 0.157. The summed E-state index contributed by atoms with van der Waals surface area (Å²) in [5.74, 6) is 1.53. The Kier molecular flexibility index (Phi) is 6.12. The number of benzene rings is 1. The summed E-state index contributed by atoms with van der Waals surface area (Å²) < 4.78 is 2.41. The van der Waals surface area contributed by atoms with Gasteiger partial charge < -0.3 is 14.8 Å². The smallest absolute Gasteiger partial charge is 0.223 e. The lowest BCUT2D eigenvalue weighted by Crippen LogP contribution is -2.43. The fourth-order valence-electron chi connectivity index (χ4n) is 4.88. The molecular formula is C24H36N4O. The minimum absolute atomic E-state index is 0.157. The number of hydrogen-bond donors (Lipinski definition) is 1. The molecule has 1 N–H and O–H groups in total. The van der Waals surface area contributed by atoms with E-state index in [4.69, 9.17) is 4.98 Å². The summed E-state index contributed by atoms with van der Waals surface area (Å²) in [6, 6.07) is 4.93. The van der Waals surface area contributed by atoms with E-state index in [0.29, 0.717) is 6.04 Å². The van der Waals surface area contributed by atoms with Crippen LogP contribution in [0.25, 0.3) is 11.0 Å². The highest BCUT2D eigenvalue weighted by molar-refractivity contribution is 5.81. The third-order valence-corrected chi connectivity index (χ3v) is 6.93. The van der Waals surface area contributed by atoms with Crippen molar-refractivity contribution in [3.63, 3.8) is 0 Å². The molecule has 1 amide bonds. The first-order chi connectivity index (χ1) is 14.1. The number of carbonyl (C=O) groups excluding carboxylic acids is 1. The van der Waals surface area contributed by atoms with Gasteiger partial charge in [0.2, 0.25) is 11.9 Å². The molecule has 2 heterocycles. The van der Waals surface area contributed by atoms with Gasteiger partial charge in [0.15, 0.2) is 0 Å². The molecule has 1 aromatic heterocycles. The molecule has 5 nitrogen and oxygen atoms in total. The van der Waals surface area contributed by atoms with Gasteiger partial charge >= 0.3 is 0 Å². The number of hydrogen-bond acceptors (Lipinski definition) is 3. The zero-order valence-corrected chi connectivity index (χ0v) is 18.3. The summed E-state index contributed by atoms with van der Waals surface area (Å²) in [5.41, 5.74) is 4.97. The summed E-state index contributed by atoms with van der Waals surface area (Å²) in [6.07, 6.45) is 9.02. The van der Waals surface area contributed by atoms with Gasteiger partial charge in [-0.25, -0.2) is 4.98 Å². The van der Waals surface area contributed by atoms with E-state index in [0.717, 1.165) is 63.2 Å². The van der Waals surface area contributed by atoms with Crippen molar-refractivity contribution in [2.24, 2.45) is 5.92 Å². The van der Waals surface area contributed by atoms with Crippen LogP contribution < -0.4 is 10.2 Å². The van der Waals surface area contributed by atoms with Crippen molar-refractivity contribution in [2.45, 2.75) is 84.7 Å². The monoisotopic (exact) mass is 396 g/mol. The van der Waals surface area contributed by atoms with Crippen molar-refractivity contribution in [2.75, 3.05) is 18.0 Å². The molecule has 4 rings (SSSR count). The van der Waals surface area contributed by atoms with Crippen molar-refractivity contribution >= 4 is 22.9 Å². The average Bonchev–Trinajstić information content (AvgIpc) is 3.35. The van der Waals surface area contributed by atoms with Gasteiger partial charge in [-0.05, 0) is 69.2 Å². The third kappa shape index (κ3) is 4.29. The van der Waals surface area contributed by atoms with E-state index >= 15 is 0 Å². The highest BCUT2D eigenvalue weighted by Crippen LogP contribution is 2.29. The number of anilines is 1. The second-order valence-electron chi connectivity index (χ2n) is 9.09. The molecular weight excluding hydrogens is 360 g/mol. The number of nitrogens with one attached hydrogen (secondary N) is 1. The first-order valence-corrected chi connectivity index (χ1v) is 11.6. The maximum Gasteiger partial charge on any atom is 0.223 e. The molecule has 1 saturated carbocycles. The standard InChI is InChI=1S/C24H36N4O/c1-4-5-12-28-22-16-18(3)17(2)15-21(22)26-24(28)27-13-10-19(11-14-27)23(29)25-20-8-6-7-9-20/h15-16,19-20H,4-14H2,1-3H3,(H,25,29). The molecule has 0 radical (unpaired) electrons. The number of fused-ring (bicyclic) bond motifs is 1. The Morgan fingerprint density at radius 2 is 1.79 bits per heavy atom. The predicted octanol–water partition coefficient (Wildman–Crippen LogP) is 4.73. The van der Waals surface area contributed by atoms with Gasteiger partial charge in [-0.2, -0.15) is 0 Å². The van der Waals surface area contributed by atoms with Crippen molar-refractivity contribution in [1.82, 2.24) is 14.9 Å². The number of piperidine rings is 1. The molecule has 0 bridgehead atoms. The highest BCUT2D eigenvalue weighted by Gasteiger charge is 2.29. The number of nitrogens with zero attached hydrogens (tertiary/aromatic N) is 3. The van der Waals surface area contributed by atoms with Crippen LogP contribution in [0, 0.1) is 19.8 Å². The largest absolute Gasteiger partial charge is 0.353 e. The van der Waals surface area contributed by atoms with Crippen LogP contribution in [0.4, 0.5) is 5.95 Å². The molecule has 0 unspecified atom stereocenters. The Bertz CT molecular complexity index is 857. The second-order valence-corrected chi connectivity index (χ2v) is 9.09. The lowest BCUT2D eigenvalue weighted by Gasteiger charge is -2.33. The zero-order chi connectivity index (χ0) is 20.4. The van der Waals surface area contributed by atoms with Gasteiger partial charge in [-0.1, -0.05) is 26.2 Å². The Labute approximate surface area is 174 Å². The van der Waals surface area contributed by atoms with Crippen LogP contribution in [0.5, 0.6) is 0 Å². The summed E-state index contributed by atoms with van der Waals surface area (Å²) in [5, 5.41) is 3.30. The van der Waals surface area contributed by atoms with E-state index in [1.807, 2.05) is 0 Å². The van der Waals surface area contributed by atoms with Crippen LogP contribution >= 0.6 is 0 Å². The SMILES string of the molecule is CCCCn1c(N2CCC(C(=O)NC3CCCC3)CC2)nc2cc(C)c(C)cc21. The number of amides is 1. The summed E-state index contributed by atoms with van der Waals surface area (Å²) in [6.45, 7) is 9.41. The summed E-state index contributed by atoms with van der Waals surface area (Å²) >= 11 is 0. The molecule has 158 valence electrons. The summed E-state index contributed by atoms with van der Waals surface area (Å²) in [4.78, 5) is 20.1. The quantitative estimate of drug-likeness (QED) is 0.768. The van der Waals surface area contributed by atoms with Crippen LogP contribution in [-0.4, -0.2) is 34.6 Å². The lowest BCUT2D eigenvalue weighted by atomic mass is 9.95. The molecule has 0 spiro atoms. The van der Waals surface area contributed by atoms with Crippen molar-refractivity contribution in [3.05, 3.63) is 23.3 Å². The molecule has 5 heteroatoms. The Balaban J connectivity index is 1.49. The average molecular weight is 397 g/mol. The van der Waals surface area contributed by atoms with Gasteiger partial charge in [0.05, 0.1) is 11.0 Å². The van der Waals surface area contributed by atoms with E-state index in [1.165, 1.54) is 35.9 Å². The Morgan fingerprint density at radius 1 is 1.10 bits per heavy atom. The van der Waals surface area contributed by atoms with Crippen LogP contribution in [0.15, 0.2) is 12.1 Å². The maximum absolute atomic E-state index is 12.7. The Hall–Kier alpha value is -2.04. The first kappa shape index (κ1) is 20.2. The van der Waals surface area contributed by atoms with Gasteiger partial charge in [0.25, 0.3) is 0 Å². The molecule has 1 aliphatic heterocycles. The van der Waals surface area contributed by atoms with Crippen LogP contribution in [0.3, 0.4) is 0 Å². The third-order valence-electron chi connectivity index (χ3n) is 6.93. The van der Waals surface area contributed by atoms with Crippen LogP contribution in [0.2, 0.25) is 0 Å². The molecule has 1 aliphatic carbocycles. The zero-order valence-electron chi connectivity index (χ0n) is 18.3. The predicted molar refractivity (Wildman–Crippen MR) is 119 cm³/mol. The second kappa shape index (κ2) is 8.76. The normalized spacial score (nSPS) is 18.7. The van der Waals surface area contributed by atoms with Gasteiger partial charge in [0.1, 0.15) is 0 Å². The van der Waals surface area contributed by atoms with E-state index in [9.17, 15) is 4.79 Å². The van der Waals surface area contributed by atoms with E-state index in [2.05, 4.69) is 47.7 Å². The number of aryl methyl sites for hydroxylation is 3. The minimum Gasteiger partial charge on any atom is -0.353 e. The fraction of sp³-hybridized carbons (Fsp3) is 0.667. The number of imidazole rings is 1. The van der Waals surface area contributed by atoms with Crippen LogP contribution in [-0.2, 0) is 11.3 Å². The lowest BCUT2D eigenvalue weighted by molar-refractivity contribution is -0.126. The van der Waals surface area contributed by atoms with Crippen molar-refractivity contribution in [1.29, 1.82) is 0 Å². The van der Waals surface area contributed by atoms with Gasteiger partial charge in [-0.3, -0.25) is 4.79 Å². The Morgan fingerprint density at radius 3 is 2.48 bits per heavy atom. The van der Waals surface area contributed by atoms with E-state index in [1.54, 1.807) is 0 Å². The topological polar surface area (TPSA) is 50.2 Å². The van der Waals surface area contributed by atoms with Crippen LogP contribution in [0.1, 0.15) is 69.4 Å². The van der Waals surface area contributed by atoms with E-state index in [-0.39, 0.29) is 11.8 Å². The van der Waals surface area contributed by atoms with Crippen molar-refractivity contribution < 1.29 is 4.79 Å². The maximum atomic E-state index is 12.7. The van der Waals surface area contributed by atoms with Crippen molar-refractivity contribution in [3.8, 4) is 0 Å². The van der Waals surface area contributed by atoms with E-state index < -0.39 is 0 Å². The first-order valence-electron chi connectivity index (χ1n) is 11.6. The molecule has 2 aliphatic rings. The molecule has 1 aromatic carbocycles. The molecule has 29 heavy (non-hydrogen) atoms. The number of unbranched alkanes of at least 4 members (excludes halogenated alkanes) is 1. The number of aromatic nitrogens is 2. The summed E-state index contributed by atoms with van der Waals surface area (Å²) in [7, 11) is 0. The molecule has 2 aromatic rings. The van der Waals surface area contributed by atoms with Gasteiger partial charge in [0, 0.05) is 31.6 Å².